The summed E-state index contributed by atoms with van der Waals surface area (Å²) in [6, 6.07) is 8.79. The van der Waals surface area contributed by atoms with E-state index in [9.17, 15) is 8.42 Å². The Bertz CT molecular complexity index is 589. The third kappa shape index (κ3) is 3.41. The smallest absolute Gasteiger partial charge is 0.175 e. The molecule has 0 fully saturated rings. The van der Waals surface area contributed by atoms with Crippen LogP contribution in [0.25, 0.3) is 0 Å². The van der Waals surface area contributed by atoms with Crippen LogP contribution in [0.15, 0.2) is 41.4 Å². The van der Waals surface area contributed by atoms with Crippen molar-refractivity contribution in [1.82, 2.24) is 15.5 Å². The van der Waals surface area contributed by atoms with Crippen LogP contribution in [-0.4, -0.2) is 24.9 Å². The monoisotopic (exact) mass is 265 g/mol. The Kier molecular flexibility index (Phi) is 3.78. The van der Waals surface area contributed by atoms with Crippen LogP contribution in [0, 0.1) is 0 Å². The van der Waals surface area contributed by atoms with Gasteiger partial charge in [0.05, 0.1) is 4.90 Å². The van der Waals surface area contributed by atoms with Gasteiger partial charge in [-0.25, -0.2) is 8.42 Å². The zero-order valence-corrected chi connectivity index (χ0v) is 10.9. The van der Waals surface area contributed by atoms with E-state index in [1.807, 2.05) is 18.2 Å². The predicted octanol–water partition coefficient (Wildman–Crippen LogP) is 1.10. The molecule has 18 heavy (non-hydrogen) atoms. The number of rotatable bonds is 5. The first-order chi connectivity index (χ1) is 8.55. The fourth-order valence-electron chi connectivity index (χ4n) is 1.58. The van der Waals surface area contributed by atoms with Crippen molar-refractivity contribution in [2.45, 2.75) is 18.0 Å². The van der Waals surface area contributed by atoms with Crippen LogP contribution in [-0.2, 0) is 22.9 Å². The average Bonchev–Trinajstić information content (AvgIpc) is 2.82. The first kappa shape index (κ1) is 12.8. The third-order valence-electron chi connectivity index (χ3n) is 2.55. The van der Waals surface area contributed by atoms with Crippen LogP contribution in [0.2, 0.25) is 0 Å². The van der Waals surface area contributed by atoms with E-state index in [4.69, 9.17) is 0 Å². The van der Waals surface area contributed by atoms with Gasteiger partial charge in [-0.15, -0.1) is 0 Å². The van der Waals surface area contributed by atoms with Crippen LogP contribution in [0.1, 0.15) is 11.3 Å². The number of nitrogens with zero attached hydrogens (tertiary/aromatic N) is 1. The molecule has 0 aliphatic heterocycles. The lowest BCUT2D eigenvalue weighted by Gasteiger charge is -2.04. The molecule has 2 rings (SSSR count). The van der Waals surface area contributed by atoms with Gasteiger partial charge in [0.15, 0.2) is 9.84 Å². The molecule has 6 heteroatoms. The van der Waals surface area contributed by atoms with Gasteiger partial charge in [0, 0.05) is 31.2 Å². The number of hydrogen-bond acceptors (Lipinski definition) is 4. The molecular formula is C12H15N3O2S. The molecule has 0 unspecified atom stereocenters. The normalized spacial score (nSPS) is 11.6. The Labute approximate surface area is 106 Å². The van der Waals surface area contributed by atoms with Gasteiger partial charge < -0.3 is 5.32 Å². The van der Waals surface area contributed by atoms with Crippen molar-refractivity contribution < 1.29 is 8.42 Å². The molecule has 0 aliphatic carbocycles. The summed E-state index contributed by atoms with van der Waals surface area (Å²) in [6.07, 6.45) is 2.91. The lowest BCUT2D eigenvalue weighted by atomic mass is 10.2. The standard InChI is InChI=1S/C12H15N3O2S/c1-18(16,17)12-4-2-10(3-5-12)8-13-9-11-6-7-14-15-11/h2-7,13H,8-9H2,1H3,(H,14,15). The molecule has 0 atom stereocenters. The molecule has 0 amide bonds. The van der Waals surface area contributed by atoms with Crippen molar-refractivity contribution in [2.24, 2.45) is 0 Å². The zero-order valence-electron chi connectivity index (χ0n) is 10.1. The summed E-state index contributed by atoms with van der Waals surface area (Å²) >= 11 is 0. The van der Waals surface area contributed by atoms with Crippen molar-refractivity contribution in [2.75, 3.05) is 6.26 Å². The number of aromatic amines is 1. The zero-order chi connectivity index (χ0) is 13.0. The van der Waals surface area contributed by atoms with Crippen LogP contribution in [0.4, 0.5) is 0 Å². The van der Waals surface area contributed by atoms with Gasteiger partial charge in [-0.05, 0) is 23.8 Å². The maximum absolute atomic E-state index is 11.3. The highest BCUT2D eigenvalue weighted by Gasteiger charge is 2.05. The number of H-pyrrole nitrogens is 1. The number of hydrogen-bond donors (Lipinski definition) is 2. The van der Waals surface area contributed by atoms with E-state index in [0.717, 1.165) is 11.3 Å². The fraction of sp³-hybridized carbons (Fsp3) is 0.250. The Balaban J connectivity index is 1.91. The van der Waals surface area contributed by atoms with Crippen molar-refractivity contribution in [3.8, 4) is 0 Å². The summed E-state index contributed by atoms with van der Waals surface area (Å²) in [4.78, 5) is 0.347. The first-order valence-electron chi connectivity index (χ1n) is 5.54. The minimum atomic E-state index is -3.11. The summed E-state index contributed by atoms with van der Waals surface area (Å²) in [7, 11) is -3.11. The summed E-state index contributed by atoms with van der Waals surface area (Å²) in [6.45, 7) is 1.39. The van der Waals surface area contributed by atoms with Crippen molar-refractivity contribution in [3.05, 3.63) is 47.8 Å². The molecule has 0 aliphatic rings. The first-order valence-corrected chi connectivity index (χ1v) is 7.43. The van der Waals surface area contributed by atoms with Crippen LogP contribution >= 0.6 is 0 Å². The number of aromatic nitrogens is 2. The van der Waals surface area contributed by atoms with Crippen LogP contribution in [0.3, 0.4) is 0 Å². The van der Waals surface area contributed by atoms with Gasteiger partial charge in [-0.1, -0.05) is 12.1 Å². The minimum Gasteiger partial charge on any atom is -0.307 e. The van der Waals surface area contributed by atoms with Gasteiger partial charge in [0.2, 0.25) is 0 Å². The van der Waals surface area contributed by atoms with Gasteiger partial charge in [0.1, 0.15) is 0 Å². The molecule has 1 heterocycles. The largest absolute Gasteiger partial charge is 0.307 e. The van der Waals surface area contributed by atoms with Crippen molar-refractivity contribution >= 4 is 9.84 Å². The van der Waals surface area contributed by atoms with E-state index in [0.29, 0.717) is 18.0 Å². The molecule has 96 valence electrons. The van der Waals surface area contributed by atoms with Gasteiger partial charge in [-0.3, -0.25) is 5.10 Å². The molecule has 0 spiro atoms. The maximum atomic E-state index is 11.3. The van der Waals surface area contributed by atoms with Gasteiger partial charge >= 0.3 is 0 Å². The molecule has 5 nitrogen and oxygen atoms in total. The second kappa shape index (κ2) is 5.32. The minimum absolute atomic E-state index is 0.347. The molecule has 2 aromatic rings. The maximum Gasteiger partial charge on any atom is 0.175 e. The van der Waals surface area contributed by atoms with Crippen LogP contribution in [0.5, 0.6) is 0 Å². The molecule has 0 saturated carbocycles. The molecule has 0 radical (unpaired) electrons. The highest BCUT2D eigenvalue weighted by atomic mass is 32.2. The molecule has 2 N–H and O–H groups in total. The van der Waals surface area contributed by atoms with E-state index in [1.54, 1.807) is 18.3 Å². The van der Waals surface area contributed by atoms with Gasteiger partial charge in [-0.2, -0.15) is 5.10 Å². The summed E-state index contributed by atoms with van der Waals surface area (Å²) in [5.41, 5.74) is 2.06. The molecule has 1 aromatic heterocycles. The summed E-state index contributed by atoms with van der Waals surface area (Å²) in [5.74, 6) is 0. The fourth-order valence-corrected chi connectivity index (χ4v) is 2.21. The van der Waals surface area contributed by atoms with E-state index in [1.165, 1.54) is 6.26 Å². The predicted molar refractivity (Wildman–Crippen MR) is 68.7 cm³/mol. The highest BCUT2D eigenvalue weighted by Crippen LogP contribution is 2.10. The lowest BCUT2D eigenvalue weighted by molar-refractivity contribution is 0.601. The Morgan fingerprint density at radius 1 is 1.17 bits per heavy atom. The summed E-state index contributed by atoms with van der Waals surface area (Å²) < 4.78 is 22.6. The average molecular weight is 265 g/mol. The quantitative estimate of drug-likeness (QED) is 0.849. The number of sulfone groups is 1. The molecular weight excluding hydrogens is 250 g/mol. The van der Waals surface area contributed by atoms with E-state index in [-0.39, 0.29) is 0 Å². The lowest BCUT2D eigenvalue weighted by Crippen LogP contribution is -2.13. The van der Waals surface area contributed by atoms with Crippen LogP contribution < -0.4 is 5.32 Å². The van der Waals surface area contributed by atoms with Gasteiger partial charge in [0.25, 0.3) is 0 Å². The molecule has 0 saturated heterocycles. The Morgan fingerprint density at radius 2 is 1.89 bits per heavy atom. The Morgan fingerprint density at radius 3 is 2.44 bits per heavy atom. The number of nitrogens with one attached hydrogen (secondary N) is 2. The third-order valence-corrected chi connectivity index (χ3v) is 3.68. The number of benzene rings is 1. The summed E-state index contributed by atoms with van der Waals surface area (Å²) in [5, 5.41) is 9.96. The Hall–Kier alpha value is -1.66. The molecule has 1 aromatic carbocycles. The molecule has 0 bridgehead atoms. The second-order valence-electron chi connectivity index (χ2n) is 4.10. The van der Waals surface area contributed by atoms with E-state index >= 15 is 0 Å². The topological polar surface area (TPSA) is 74.8 Å². The SMILES string of the molecule is CS(=O)(=O)c1ccc(CNCc2ccn[nH]2)cc1. The van der Waals surface area contributed by atoms with E-state index in [2.05, 4.69) is 15.5 Å². The van der Waals surface area contributed by atoms with Crippen molar-refractivity contribution in [1.29, 1.82) is 0 Å². The second-order valence-corrected chi connectivity index (χ2v) is 6.12. The van der Waals surface area contributed by atoms with Crippen molar-refractivity contribution in [3.63, 3.8) is 0 Å². The highest BCUT2D eigenvalue weighted by molar-refractivity contribution is 7.90. The van der Waals surface area contributed by atoms with E-state index < -0.39 is 9.84 Å².